The molecule has 38 heavy (non-hydrogen) atoms. The maximum Gasteiger partial charge on any atom is 0.573 e. The molecule has 2 aromatic rings. The molecule has 2 amide bonds. The number of nitrogens with zero attached hydrogens (tertiary/aromatic N) is 2. The lowest BCUT2D eigenvalue weighted by atomic mass is 9.78. The van der Waals surface area contributed by atoms with E-state index in [0.29, 0.717) is 5.69 Å². The third-order valence-electron chi connectivity index (χ3n) is 7.95. The minimum atomic E-state index is -4.82. The van der Waals surface area contributed by atoms with Crippen molar-refractivity contribution in [2.75, 3.05) is 4.90 Å². The van der Waals surface area contributed by atoms with Gasteiger partial charge in [0.05, 0.1) is 12.5 Å². The van der Waals surface area contributed by atoms with Gasteiger partial charge in [0.15, 0.2) is 0 Å². The van der Waals surface area contributed by atoms with Gasteiger partial charge >= 0.3 is 12.3 Å². The first-order valence-electron chi connectivity index (χ1n) is 13.0. The molecule has 10 heteroatoms. The normalized spacial score (nSPS) is 22.7. The predicted octanol–water partition coefficient (Wildman–Crippen LogP) is 5.70. The molecule has 1 heterocycles. The summed E-state index contributed by atoms with van der Waals surface area (Å²) < 4.78 is 41.7. The number of carboxylic acids is 1. The average molecular weight is 531 g/mol. The van der Waals surface area contributed by atoms with Gasteiger partial charge in [-0.3, -0.25) is 14.4 Å². The van der Waals surface area contributed by atoms with Gasteiger partial charge in [-0.25, -0.2) is 0 Å². The Morgan fingerprint density at radius 3 is 2.26 bits per heavy atom. The van der Waals surface area contributed by atoms with Gasteiger partial charge in [0.2, 0.25) is 5.91 Å². The zero-order valence-electron chi connectivity index (χ0n) is 20.7. The number of hydrogen-bond donors (Lipinski definition) is 1. The maximum atomic E-state index is 13.8. The van der Waals surface area contributed by atoms with Crippen molar-refractivity contribution < 1.29 is 37.4 Å². The Labute approximate surface area is 218 Å². The molecule has 0 unspecified atom stereocenters. The quantitative estimate of drug-likeness (QED) is 0.496. The van der Waals surface area contributed by atoms with Crippen molar-refractivity contribution in [3.05, 3.63) is 59.7 Å². The SMILES string of the molecule is O=C(O)CCC(=O)N(C1CCC1)[C@H]1c2ccccc2N(C(=O)c2ccc(OC(F)(F)F)cc2)[C@@H]2CCC[C@@H]21. The van der Waals surface area contributed by atoms with Crippen molar-refractivity contribution in [1.82, 2.24) is 4.90 Å². The number of halogens is 3. The molecule has 2 aliphatic carbocycles. The highest BCUT2D eigenvalue weighted by Gasteiger charge is 2.50. The summed E-state index contributed by atoms with van der Waals surface area (Å²) in [4.78, 5) is 42.1. The standard InChI is InChI=1S/C28H29F3N2O5/c29-28(30,31)38-19-13-11-17(12-14-19)27(37)33-22-9-2-1-7-20(22)26(21-8-4-10-23(21)33)32(18-5-3-6-18)24(34)15-16-25(35)36/h1-2,7,9,11-14,18,21,23,26H,3-6,8,10,15-16H2,(H,35,36)/t21-,23+,26-/m0/s1. The molecule has 2 aromatic carbocycles. The lowest BCUT2D eigenvalue weighted by Crippen LogP contribution is -2.55. The van der Waals surface area contributed by atoms with Crippen LogP contribution in [0, 0.1) is 5.92 Å². The van der Waals surface area contributed by atoms with Crippen LogP contribution in [-0.4, -0.2) is 46.2 Å². The number of carbonyl (C=O) groups is 3. The molecule has 0 aromatic heterocycles. The number of amides is 2. The summed E-state index contributed by atoms with van der Waals surface area (Å²) in [5.74, 6) is -1.95. The second kappa shape index (κ2) is 10.3. The third-order valence-corrected chi connectivity index (χ3v) is 7.95. The molecule has 0 radical (unpaired) electrons. The van der Waals surface area contributed by atoms with E-state index in [1.54, 1.807) is 4.90 Å². The number of carbonyl (C=O) groups excluding carboxylic acids is 2. The van der Waals surface area contributed by atoms with Crippen LogP contribution in [0.1, 0.15) is 73.3 Å². The van der Waals surface area contributed by atoms with Crippen molar-refractivity contribution in [2.24, 2.45) is 5.92 Å². The average Bonchev–Trinajstić information content (AvgIpc) is 3.31. The van der Waals surface area contributed by atoms with Crippen molar-refractivity contribution >= 4 is 23.5 Å². The van der Waals surface area contributed by atoms with Crippen LogP contribution in [0.3, 0.4) is 0 Å². The molecule has 1 aliphatic heterocycles. The largest absolute Gasteiger partial charge is 0.573 e. The van der Waals surface area contributed by atoms with E-state index in [9.17, 15) is 32.7 Å². The fourth-order valence-electron chi connectivity index (χ4n) is 6.17. The first-order chi connectivity index (χ1) is 18.1. The van der Waals surface area contributed by atoms with E-state index in [0.717, 1.165) is 56.2 Å². The molecule has 3 aliphatic rings. The van der Waals surface area contributed by atoms with Gasteiger partial charge in [-0.2, -0.15) is 0 Å². The highest BCUT2D eigenvalue weighted by atomic mass is 19.4. The van der Waals surface area contributed by atoms with Gasteiger partial charge in [-0.1, -0.05) is 24.6 Å². The first kappa shape index (κ1) is 26.1. The van der Waals surface area contributed by atoms with E-state index in [4.69, 9.17) is 0 Å². The Balaban J connectivity index is 1.50. The number of ether oxygens (including phenoxy) is 1. The van der Waals surface area contributed by atoms with Crippen LogP contribution in [0.4, 0.5) is 18.9 Å². The number of rotatable bonds is 7. The van der Waals surface area contributed by atoms with Crippen LogP contribution < -0.4 is 9.64 Å². The summed E-state index contributed by atoms with van der Waals surface area (Å²) in [6, 6.07) is 12.0. The Morgan fingerprint density at radius 2 is 1.63 bits per heavy atom. The monoisotopic (exact) mass is 530 g/mol. The van der Waals surface area contributed by atoms with Gasteiger partial charge in [0.25, 0.3) is 5.91 Å². The van der Waals surface area contributed by atoms with Crippen molar-refractivity contribution in [3.63, 3.8) is 0 Å². The molecule has 3 atom stereocenters. The number of anilines is 1. The fraction of sp³-hybridized carbons (Fsp3) is 0.464. The minimum Gasteiger partial charge on any atom is -0.481 e. The van der Waals surface area contributed by atoms with E-state index < -0.39 is 18.1 Å². The van der Waals surface area contributed by atoms with Gasteiger partial charge in [0.1, 0.15) is 5.75 Å². The number of alkyl halides is 3. The number of hydrogen-bond acceptors (Lipinski definition) is 4. The number of aliphatic carboxylic acids is 1. The highest BCUT2D eigenvalue weighted by Crippen LogP contribution is 2.52. The zero-order valence-corrected chi connectivity index (χ0v) is 20.7. The van der Waals surface area contributed by atoms with Crippen molar-refractivity contribution in [3.8, 4) is 5.75 Å². The third kappa shape index (κ3) is 5.08. The molecular formula is C28H29F3N2O5. The molecule has 2 saturated carbocycles. The minimum absolute atomic E-state index is 0.0314. The summed E-state index contributed by atoms with van der Waals surface area (Å²) in [6.07, 6.45) is 0.0171. The summed E-state index contributed by atoms with van der Waals surface area (Å²) in [5, 5.41) is 9.17. The van der Waals surface area contributed by atoms with Crippen molar-refractivity contribution in [2.45, 2.75) is 75.9 Å². The van der Waals surface area contributed by atoms with Crippen LogP contribution in [0.2, 0.25) is 0 Å². The molecule has 5 rings (SSSR count). The number of carboxylic acid groups (broad SMARTS) is 1. The predicted molar refractivity (Wildman–Crippen MR) is 132 cm³/mol. The summed E-state index contributed by atoms with van der Waals surface area (Å²) >= 11 is 0. The Hall–Kier alpha value is -3.56. The molecule has 202 valence electrons. The van der Waals surface area contributed by atoms with E-state index >= 15 is 0 Å². The second-order valence-electron chi connectivity index (χ2n) is 10.2. The van der Waals surface area contributed by atoms with Crippen LogP contribution in [0.25, 0.3) is 0 Å². The van der Waals surface area contributed by atoms with E-state index in [2.05, 4.69) is 4.74 Å². The summed E-state index contributed by atoms with van der Waals surface area (Å²) in [7, 11) is 0. The lowest BCUT2D eigenvalue weighted by molar-refractivity contribution is -0.274. The fourth-order valence-corrected chi connectivity index (χ4v) is 6.17. The molecule has 1 N–H and O–H groups in total. The number of benzene rings is 2. The number of para-hydroxylation sites is 1. The van der Waals surface area contributed by atoms with Crippen LogP contribution in [-0.2, 0) is 9.59 Å². The Morgan fingerprint density at radius 1 is 0.947 bits per heavy atom. The second-order valence-corrected chi connectivity index (χ2v) is 10.2. The van der Waals surface area contributed by atoms with Crippen LogP contribution in [0.15, 0.2) is 48.5 Å². The topological polar surface area (TPSA) is 87.2 Å². The first-order valence-corrected chi connectivity index (χ1v) is 13.0. The van der Waals surface area contributed by atoms with Gasteiger partial charge in [-0.05, 0) is 68.0 Å². The zero-order chi connectivity index (χ0) is 27.0. The highest BCUT2D eigenvalue weighted by molar-refractivity contribution is 6.07. The molecule has 0 saturated heterocycles. The summed E-state index contributed by atoms with van der Waals surface area (Å²) in [5.41, 5.74) is 1.76. The Bertz CT molecular complexity index is 1210. The molecule has 2 fully saturated rings. The van der Waals surface area contributed by atoms with Crippen LogP contribution in [0.5, 0.6) is 5.75 Å². The van der Waals surface area contributed by atoms with Gasteiger partial charge in [-0.15, -0.1) is 13.2 Å². The Kier molecular flexibility index (Phi) is 7.07. The van der Waals surface area contributed by atoms with E-state index in [-0.39, 0.29) is 54.3 Å². The summed E-state index contributed by atoms with van der Waals surface area (Å²) in [6.45, 7) is 0. The molecule has 0 bridgehead atoms. The van der Waals surface area contributed by atoms with Gasteiger partial charge in [0, 0.05) is 35.7 Å². The van der Waals surface area contributed by atoms with Crippen molar-refractivity contribution in [1.29, 1.82) is 0 Å². The van der Waals surface area contributed by atoms with Crippen LogP contribution >= 0.6 is 0 Å². The van der Waals surface area contributed by atoms with E-state index in [1.165, 1.54) is 12.1 Å². The molecule has 0 spiro atoms. The number of fused-ring (bicyclic) bond motifs is 2. The van der Waals surface area contributed by atoms with E-state index in [1.807, 2.05) is 29.2 Å². The molecular weight excluding hydrogens is 501 g/mol. The van der Waals surface area contributed by atoms with Gasteiger partial charge < -0.3 is 19.6 Å². The molecule has 7 nitrogen and oxygen atoms in total. The smallest absolute Gasteiger partial charge is 0.481 e. The lowest BCUT2D eigenvalue weighted by Gasteiger charge is -2.51. The maximum absolute atomic E-state index is 13.8.